The van der Waals surface area contributed by atoms with Gasteiger partial charge in [0, 0.05) is 5.75 Å². The molecular formula is C12H14N2O2S. The fourth-order valence-electron chi connectivity index (χ4n) is 1.55. The molecule has 5 heteroatoms. The summed E-state index contributed by atoms with van der Waals surface area (Å²) in [6.07, 6.45) is 0. The van der Waals surface area contributed by atoms with Crippen LogP contribution in [-0.2, 0) is 10.5 Å². The number of carbonyl (C=O) groups is 2. The minimum Gasteiger partial charge on any atom is -0.323 e. The fraction of sp³-hybridized carbons (Fsp3) is 0.333. The van der Waals surface area contributed by atoms with Crippen LogP contribution in [0.2, 0.25) is 0 Å². The van der Waals surface area contributed by atoms with E-state index in [0.717, 1.165) is 5.56 Å². The van der Waals surface area contributed by atoms with E-state index in [4.69, 9.17) is 0 Å². The Hall–Kier alpha value is -1.49. The van der Waals surface area contributed by atoms with Crippen LogP contribution in [0.4, 0.5) is 4.79 Å². The summed E-state index contributed by atoms with van der Waals surface area (Å²) in [5.41, 5.74) is 0.295. The lowest BCUT2D eigenvalue weighted by Gasteiger charge is -2.14. The first-order valence-corrected chi connectivity index (χ1v) is 6.28. The Bertz CT molecular complexity index is 445. The summed E-state index contributed by atoms with van der Waals surface area (Å²) in [5, 5.41) is 2.65. The first-order chi connectivity index (χ1) is 8.00. The Kier molecular flexibility index (Phi) is 3.11. The molecule has 3 amide bonds. The van der Waals surface area contributed by atoms with Crippen LogP contribution >= 0.6 is 11.9 Å². The van der Waals surface area contributed by atoms with Crippen molar-refractivity contribution in [1.29, 1.82) is 0 Å². The van der Waals surface area contributed by atoms with Gasteiger partial charge in [0.2, 0.25) is 0 Å². The van der Waals surface area contributed by atoms with Crippen LogP contribution in [0.3, 0.4) is 0 Å². The molecular weight excluding hydrogens is 236 g/mol. The molecule has 1 N–H and O–H groups in total. The number of nitrogens with one attached hydrogen (secondary N) is 1. The van der Waals surface area contributed by atoms with Gasteiger partial charge in [-0.2, -0.15) is 0 Å². The minimum atomic E-state index is -0.791. The number of benzene rings is 1. The Morgan fingerprint density at radius 3 is 2.41 bits per heavy atom. The number of hydrogen-bond acceptors (Lipinski definition) is 3. The highest BCUT2D eigenvalue weighted by Gasteiger charge is 2.44. The van der Waals surface area contributed by atoms with Crippen molar-refractivity contribution in [2.45, 2.75) is 25.1 Å². The van der Waals surface area contributed by atoms with E-state index in [-0.39, 0.29) is 11.9 Å². The molecule has 0 unspecified atom stereocenters. The molecule has 1 fully saturated rings. The Morgan fingerprint density at radius 1 is 1.24 bits per heavy atom. The number of rotatable bonds is 3. The maximum Gasteiger partial charge on any atom is 0.335 e. The summed E-state index contributed by atoms with van der Waals surface area (Å²) in [5.74, 6) is 0.416. The standard InChI is InChI=1S/C12H14N2O2S/c1-12(2)10(15)14(11(16)13-12)17-8-9-6-4-3-5-7-9/h3-7H,8H2,1-2H3,(H,13,16). The predicted octanol–water partition coefficient (Wildman–Crippen LogP) is 2.17. The van der Waals surface area contributed by atoms with Crippen molar-refractivity contribution in [1.82, 2.24) is 9.62 Å². The molecule has 1 aliphatic rings. The third-order valence-corrected chi connectivity index (χ3v) is 3.58. The van der Waals surface area contributed by atoms with E-state index < -0.39 is 5.54 Å². The number of imide groups is 1. The normalized spacial score (nSPS) is 18.4. The lowest BCUT2D eigenvalue weighted by atomic mass is 10.1. The van der Waals surface area contributed by atoms with Crippen molar-refractivity contribution in [2.75, 3.05) is 0 Å². The lowest BCUT2D eigenvalue weighted by Crippen LogP contribution is -2.39. The van der Waals surface area contributed by atoms with Crippen molar-refractivity contribution in [3.8, 4) is 0 Å². The van der Waals surface area contributed by atoms with Gasteiger partial charge in [0.25, 0.3) is 5.91 Å². The molecule has 0 aromatic heterocycles. The fourth-order valence-corrected chi connectivity index (χ4v) is 2.53. The van der Waals surface area contributed by atoms with Crippen LogP contribution in [0.1, 0.15) is 19.4 Å². The number of urea groups is 1. The maximum atomic E-state index is 11.9. The van der Waals surface area contributed by atoms with Crippen LogP contribution in [-0.4, -0.2) is 21.8 Å². The van der Waals surface area contributed by atoms with Gasteiger partial charge in [-0.1, -0.05) is 30.3 Å². The summed E-state index contributed by atoms with van der Waals surface area (Å²) in [7, 11) is 0. The first-order valence-electron chi connectivity index (χ1n) is 5.34. The van der Waals surface area contributed by atoms with Crippen LogP contribution in [0.25, 0.3) is 0 Å². The van der Waals surface area contributed by atoms with E-state index in [1.165, 1.54) is 16.3 Å². The minimum absolute atomic E-state index is 0.191. The first kappa shape index (κ1) is 12.0. The number of amides is 3. The smallest absolute Gasteiger partial charge is 0.323 e. The Balaban J connectivity index is 2.01. The molecule has 2 rings (SSSR count). The average molecular weight is 250 g/mol. The van der Waals surface area contributed by atoms with E-state index in [9.17, 15) is 9.59 Å². The molecule has 0 atom stereocenters. The number of carbonyl (C=O) groups excluding carboxylic acids is 2. The number of hydrogen-bond donors (Lipinski definition) is 1. The summed E-state index contributed by atoms with van der Waals surface area (Å²) in [4.78, 5) is 23.5. The average Bonchev–Trinajstić information content (AvgIpc) is 2.48. The highest BCUT2D eigenvalue weighted by atomic mass is 32.2. The monoisotopic (exact) mass is 250 g/mol. The molecule has 1 heterocycles. The van der Waals surface area contributed by atoms with E-state index in [0.29, 0.717) is 5.75 Å². The molecule has 0 spiro atoms. The van der Waals surface area contributed by atoms with Gasteiger partial charge < -0.3 is 5.32 Å². The summed E-state index contributed by atoms with van der Waals surface area (Å²) >= 11 is 1.23. The summed E-state index contributed by atoms with van der Waals surface area (Å²) < 4.78 is 1.20. The van der Waals surface area contributed by atoms with Gasteiger partial charge in [0.05, 0.1) is 0 Å². The quantitative estimate of drug-likeness (QED) is 0.660. The zero-order valence-corrected chi connectivity index (χ0v) is 10.6. The van der Waals surface area contributed by atoms with Crippen LogP contribution in [0.15, 0.2) is 30.3 Å². The number of nitrogens with zero attached hydrogens (tertiary/aromatic N) is 1. The van der Waals surface area contributed by atoms with Crippen molar-refractivity contribution in [3.63, 3.8) is 0 Å². The van der Waals surface area contributed by atoms with E-state index in [2.05, 4.69) is 5.32 Å². The summed E-state index contributed by atoms with van der Waals surface area (Å²) in [6.45, 7) is 3.41. The maximum absolute atomic E-state index is 11.9. The third-order valence-electron chi connectivity index (χ3n) is 2.53. The van der Waals surface area contributed by atoms with Gasteiger partial charge in [0.15, 0.2) is 0 Å². The van der Waals surface area contributed by atoms with Crippen molar-refractivity contribution < 1.29 is 9.59 Å². The van der Waals surface area contributed by atoms with E-state index >= 15 is 0 Å². The van der Waals surface area contributed by atoms with Crippen molar-refractivity contribution in [3.05, 3.63) is 35.9 Å². The van der Waals surface area contributed by atoms with Gasteiger partial charge in [-0.3, -0.25) is 4.79 Å². The van der Waals surface area contributed by atoms with Gasteiger partial charge in [0.1, 0.15) is 5.54 Å². The van der Waals surface area contributed by atoms with Crippen molar-refractivity contribution >= 4 is 23.9 Å². The molecule has 1 aromatic carbocycles. The molecule has 0 radical (unpaired) electrons. The van der Waals surface area contributed by atoms with Gasteiger partial charge in [-0.05, 0) is 31.4 Å². The summed E-state index contributed by atoms with van der Waals surface area (Å²) in [6, 6.07) is 9.41. The molecule has 0 aliphatic carbocycles. The highest BCUT2D eigenvalue weighted by molar-refractivity contribution is 7.97. The Labute approximate surface area is 105 Å². The second-order valence-corrected chi connectivity index (χ2v) is 5.33. The van der Waals surface area contributed by atoms with E-state index in [1.807, 2.05) is 30.3 Å². The zero-order chi connectivity index (χ0) is 12.5. The SMILES string of the molecule is CC1(C)NC(=O)N(SCc2ccccc2)C1=O. The molecule has 1 aliphatic heterocycles. The molecule has 0 bridgehead atoms. The van der Waals surface area contributed by atoms with Gasteiger partial charge in [-0.15, -0.1) is 0 Å². The molecule has 0 saturated carbocycles. The lowest BCUT2D eigenvalue weighted by molar-refractivity contribution is -0.126. The van der Waals surface area contributed by atoms with E-state index in [1.54, 1.807) is 13.8 Å². The highest BCUT2D eigenvalue weighted by Crippen LogP contribution is 2.26. The molecule has 90 valence electrons. The second kappa shape index (κ2) is 4.41. The Morgan fingerprint density at radius 2 is 1.88 bits per heavy atom. The van der Waals surface area contributed by atoms with Gasteiger partial charge in [-0.25, -0.2) is 9.10 Å². The molecule has 1 saturated heterocycles. The molecule has 4 nitrogen and oxygen atoms in total. The topological polar surface area (TPSA) is 49.4 Å². The zero-order valence-electron chi connectivity index (χ0n) is 9.77. The largest absolute Gasteiger partial charge is 0.335 e. The molecule has 1 aromatic rings. The predicted molar refractivity (Wildman–Crippen MR) is 67.2 cm³/mol. The van der Waals surface area contributed by atoms with Gasteiger partial charge >= 0.3 is 6.03 Å². The second-order valence-electron chi connectivity index (χ2n) is 4.41. The van der Waals surface area contributed by atoms with Crippen LogP contribution in [0, 0.1) is 0 Å². The third kappa shape index (κ3) is 2.44. The van der Waals surface area contributed by atoms with Crippen molar-refractivity contribution in [2.24, 2.45) is 0 Å². The molecule has 17 heavy (non-hydrogen) atoms. The van der Waals surface area contributed by atoms with Crippen LogP contribution in [0.5, 0.6) is 0 Å². The van der Waals surface area contributed by atoms with Crippen LogP contribution < -0.4 is 5.32 Å².